The lowest BCUT2D eigenvalue weighted by atomic mass is 9.87. The van der Waals surface area contributed by atoms with E-state index in [1.165, 1.54) is 19.0 Å². The minimum absolute atomic E-state index is 0. The largest absolute Gasteiger partial charge is 0.408 e. The summed E-state index contributed by atoms with van der Waals surface area (Å²) < 4.78 is 37.8. The predicted octanol–water partition coefficient (Wildman–Crippen LogP) is 2.05. The fourth-order valence-corrected chi connectivity index (χ4v) is 3.32. The highest BCUT2D eigenvalue weighted by molar-refractivity contribution is 5.85. The number of nitrogens with one attached hydrogen (secondary N) is 1. The summed E-state index contributed by atoms with van der Waals surface area (Å²) in [5.41, 5.74) is 1.25. The fraction of sp³-hybridized carbons (Fsp3) is 0.769. The van der Waals surface area contributed by atoms with Gasteiger partial charge in [-0.15, -0.1) is 12.4 Å². The maximum atomic E-state index is 12.3. The first kappa shape index (κ1) is 16.6. The zero-order valence-electron chi connectivity index (χ0n) is 11.7. The van der Waals surface area contributed by atoms with Crippen LogP contribution >= 0.6 is 12.4 Å². The van der Waals surface area contributed by atoms with Crippen molar-refractivity contribution in [3.05, 3.63) is 18.0 Å². The molecule has 1 aromatic rings. The molecule has 2 saturated heterocycles. The van der Waals surface area contributed by atoms with Gasteiger partial charge in [0.25, 0.3) is 0 Å². The molecule has 2 aliphatic rings. The van der Waals surface area contributed by atoms with Crippen LogP contribution in [0.3, 0.4) is 0 Å². The monoisotopic (exact) mass is 324 g/mol. The van der Waals surface area contributed by atoms with Gasteiger partial charge >= 0.3 is 6.18 Å². The molecule has 0 amide bonds. The van der Waals surface area contributed by atoms with Crippen molar-refractivity contribution in [2.24, 2.45) is 5.41 Å². The van der Waals surface area contributed by atoms with Crippen LogP contribution < -0.4 is 5.32 Å². The Hall–Kier alpha value is -0.790. The van der Waals surface area contributed by atoms with Crippen molar-refractivity contribution in [3.63, 3.8) is 0 Å². The molecule has 8 heteroatoms. The van der Waals surface area contributed by atoms with Crippen molar-refractivity contribution in [2.75, 3.05) is 26.2 Å². The lowest BCUT2D eigenvalue weighted by Gasteiger charge is -2.22. The lowest BCUT2D eigenvalue weighted by Crippen LogP contribution is -2.28. The molecule has 3 rings (SSSR count). The van der Waals surface area contributed by atoms with Crippen molar-refractivity contribution in [1.82, 2.24) is 20.0 Å². The Morgan fingerprint density at radius 3 is 2.81 bits per heavy atom. The highest BCUT2D eigenvalue weighted by atomic mass is 35.5. The van der Waals surface area contributed by atoms with E-state index >= 15 is 0 Å². The second kappa shape index (κ2) is 6.14. The van der Waals surface area contributed by atoms with Crippen LogP contribution in [0.1, 0.15) is 18.4 Å². The lowest BCUT2D eigenvalue weighted by molar-refractivity contribution is -0.142. The molecule has 1 unspecified atom stereocenters. The molecule has 0 bridgehead atoms. The first-order valence-electron chi connectivity index (χ1n) is 6.95. The molecule has 1 atom stereocenters. The molecule has 0 aromatic carbocycles. The van der Waals surface area contributed by atoms with Crippen molar-refractivity contribution in [2.45, 2.75) is 32.1 Å². The molecular formula is C13H20ClF3N4. The van der Waals surface area contributed by atoms with Crippen molar-refractivity contribution in [3.8, 4) is 0 Å². The third kappa shape index (κ3) is 4.11. The number of hydrogen-bond acceptors (Lipinski definition) is 3. The third-order valence-corrected chi connectivity index (χ3v) is 4.28. The molecule has 120 valence electrons. The summed E-state index contributed by atoms with van der Waals surface area (Å²) in [5, 5.41) is 7.19. The van der Waals surface area contributed by atoms with Crippen LogP contribution in [0.25, 0.3) is 0 Å². The van der Waals surface area contributed by atoms with Gasteiger partial charge in [0.05, 0.1) is 6.20 Å². The summed E-state index contributed by atoms with van der Waals surface area (Å²) in [6.07, 6.45) is 1.22. The average Bonchev–Trinajstić information content (AvgIpc) is 3.03. The van der Waals surface area contributed by atoms with Gasteiger partial charge in [0, 0.05) is 31.4 Å². The quantitative estimate of drug-likeness (QED) is 0.924. The van der Waals surface area contributed by atoms with Crippen LogP contribution in [-0.4, -0.2) is 47.0 Å². The van der Waals surface area contributed by atoms with Crippen LogP contribution in [-0.2, 0) is 13.1 Å². The van der Waals surface area contributed by atoms with Crippen molar-refractivity contribution in [1.29, 1.82) is 0 Å². The van der Waals surface area contributed by atoms with Gasteiger partial charge in [-0.25, -0.2) is 0 Å². The number of hydrogen-bond donors (Lipinski definition) is 1. The first-order valence-corrected chi connectivity index (χ1v) is 6.95. The highest BCUT2D eigenvalue weighted by Gasteiger charge is 2.40. The smallest absolute Gasteiger partial charge is 0.316 e. The predicted molar refractivity (Wildman–Crippen MR) is 75.3 cm³/mol. The average molecular weight is 325 g/mol. The van der Waals surface area contributed by atoms with E-state index in [9.17, 15) is 13.2 Å². The van der Waals surface area contributed by atoms with Crippen molar-refractivity contribution < 1.29 is 13.2 Å². The van der Waals surface area contributed by atoms with Gasteiger partial charge in [-0.05, 0) is 31.3 Å². The van der Waals surface area contributed by atoms with Gasteiger partial charge in [-0.3, -0.25) is 9.58 Å². The summed E-state index contributed by atoms with van der Waals surface area (Å²) in [4.78, 5) is 2.32. The van der Waals surface area contributed by atoms with E-state index in [2.05, 4.69) is 15.3 Å². The van der Waals surface area contributed by atoms with Crippen molar-refractivity contribution >= 4 is 12.4 Å². The summed E-state index contributed by atoms with van der Waals surface area (Å²) >= 11 is 0. The topological polar surface area (TPSA) is 33.1 Å². The van der Waals surface area contributed by atoms with Gasteiger partial charge in [0.15, 0.2) is 0 Å². The number of halogens is 4. The second-order valence-corrected chi connectivity index (χ2v) is 6.05. The second-order valence-electron chi connectivity index (χ2n) is 6.05. The standard InChI is InChI=1S/C13H19F3N4.ClH/c14-13(15,16)10-20-7-11(5-18-20)6-19-4-2-12(9-19)1-3-17-8-12;/h5,7,17H,1-4,6,8-10H2;1H. The van der Waals surface area contributed by atoms with Crippen LogP contribution in [0.5, 0.6) is 0 Å². The maximum absolute atomic E-state index is 12.3. The molecule has 0 saturated carbocycles. The molecule has 21 heavy (non-hydrogen) atoms. The van der Waals surface area contributed by atoms with Crippen LogP contribution in [0.4, 0.5) is 13.2 Å². The van der Waals surface area contributed by atoms with Crippen LogP contribution in [0.15, 0.2) is 12.4 Å². The zero-order valence-corrected chi connectivity index (χ0v) is 12.5. The van der Waals surface area contributed by atoms with Gasteiger partial charge in [-0.1, -0.05) is 0 Å². The Labute approximate surface area is 128 Å². The highest BCUT2D eigenvalue weighted by Crippen LogP contribution is 2.36. The number of alkyl halides is 3. The Balaban J connectivity index is 0.00000161. The minimum Gasteiger partial charge on any atom is -0.316 e. The van der Waals surface area contributed by atoms with Gasteiger partial charge in [0.1, 0.15) is 6.54 Å². The Morgan fingerprint density at radius 2 is 2.14 bits per heavy atom. The van der Waals surface area contributed by atoms with Gasteiger partial charge in [-0.2, -0.15) is 18.3 Å². The van der Waals surface area contributed by atoms with E-state index < -0.39 is 12.7 Å². The Bertz CT molecular complexity index is 468. The summed E-state index contributed by atoms with van der Waals surface area (Å²) in [6.45, 7) is 3.88. The first-order chi connectivity index (χ1) is 9.44. The number of likely N-dealkylation sites (tertiary alicyclic amines) is 1. The molecular weight excluding hydrogens is 305 g/mol. The van der Waals surface area contributed by atoms with E-state index in [-0.39, 0.29) is 12.4 Å². The molecule has 1 N–H and O–H groups in total. The summed E-state index contributed by atoms with van der Waals surface area (Å²) in [6, 6.07) is 0. The molecule has 2 fully saturated rings. The van der Waals surface area contributed by atoms with E-state index in [1.54, 1.807) is 6.20 Å². The summed E-state index contributed by atoms with van der Waals surface area (Å²) in [5.74, 6) is 0. The molecule has 2 aliphatic heterocycles. The van der Waals surface area contributed by atoms with E-state index in [0.29, 0.717) is 12.0 Å². The molecule has 0 radical (unpaired) electrons. The number of nitrogens with zero attached hydrogens (tertiary/aromatic N) is 3. The Morgan fingerprint density at radius 1 is 1.33 bits per heavy atom. The van der Waals surface area contributed by atoms with Gasteiger partial charge < -0.3 is 5.32 Å². The number of rotatable bonds is 3. The third-order valence-electron chi connectivity index (χ3n) is 4.28. The fourth-order valence-electron chi connectivity index (χ4n) is 3.32. The Kier molecular flexibility index (Phi) is 4.85. The van der Waals surface area contributed by atoms with Crippen LogP contribution in [0, 0.1) is 5.41 Å². The SMILES string of the molecule is Cl.FC(F)(F)Cn1cc(CN2CCC3(CCNC3)C2)cn1. The van der Waals surface area contributed by atoms with Crippen LogP contribution in [0.2, 0.25) is 0 Å². The minimum atomic E-state index is -4.21. The molecule has 0 aliphatic carbocycles. The normalized spacial score (nSPS) is 26.4. The number of aromatic nitrogens is 2. The van der Waals surface area contributed by atoms with E-state index in [0.717, 1.165) is 36.4 Å². The van der Waals surface area contributed by atoms with Gasteiger partial charge in [0.2, 0.25) is 0 Å². The van der Waals surface area contributed by atoms with E-state index in [4.69, 9.17) is 0 Å². The van der Waals surface area contributed by atoms with E-state index in [1.807, 2.05) is 0 Å². The maximum Gasteiger partial charge on any atom is 0.408 e. The molecule has 1 spiro atoms. The summed E-state index contributed by atoms with van der Waals surface area (Å²) in [7, 11) is 0. The molecule has 4 nitrogen and oxygen atoms in total. The molecule has 3 heterocycles. The zero-order chi connectivity index (χ0) is 14.2. The molecule has 1 aromatic heterocycles.